The van der Waals surface area contributed by atoms with E-state index in [1.165, 1.54) is 4.31 Å². The highest BCUT2D eigenvalue weighted by Gasteiger charge is 2.27. The van der Waals surface area contributed by atoms with E-state index in [4.69, 9.17) is 5.73 Å². The first-order chi connectivity index (χ1) is 7.58. The van der Waals surface area contributed by atoms with Gasteiger partial charge in [-0.1, -0.05) is 0 Å². The molecule has 0 bridgehead atoms. The number of guanidine groups is 1. The van der Waals surface area contributed by atoms with Gasteiger partial charge in [-0.25, -0.2) is 12.7 Å². The monoisotopic (exact) mass is 246 g/mol. The average Bonchev–Trinajstić information content (AvgIpc) is 2.93. The molecule has 0 atom stereocenters. The zero-order valence-electron chi connectivity index (χ0n) is 9.22. The van der Waals surface area contributed by atoms with E-state index in [2.05, 4.69) is 10.3 Å². The van der Waals surface area contributed by atoms with E-state index >= 15 is 0 Å². The van der Waals surface area contributed by atoms with Gasteiger partial charge >= 0.3 is 0 Å². The minimum atomic E-state index is -2.99. The van der Waals surface area contributed by atoms with E-state index in [1.807, 2.05) is 0 Å². The van der Waals surface area contributed by atoms with Crippen molar-refractivity contribution < 1.29 is 8.42 Å². The Morgan fingerprint density at radius 2 is 2.25 bits per heavy atom. The Kier molecular flexibility index (Phi) is 3.34. The van der Waals surface area contributed by atoms with Gasteiger partial charge < -0.3 is 11.1 Å². The van der Waals surface area contributed by atoms with E-state index in [0.29, 0.717) is 31.6 Å². The zero-order valence-corrected chi connectivity index (χ0v) is 10.0. The second-order valence-electron chi connectivity index (χ2n) is 4.25. The lowest BCUT2D eigenvalue weighted by molar-refractivity contribution is 0.452. The third kappa shape index (κ3) is 3.08. The Bertz CT molecular complexity index is 375. The van der Waals surface area contributed by atoms with E-state index in [1.54, 1.807) is 0 Å². The lowest BCUT2D eigenvalue weighted by Gasteiger charge is -2.12. The minimum Gasteiger partial charge on any atom is -0.370 e. The zero-order chi connectivity index (χ0) is 11.6. The van der Waals surface area contributed by atoms with Gasteiger partial charge in [-0.05, 0) is 19.3 Å². The summed E-state index contributed by atoms with van der Waals surface area (Å²) in [7, 11) is -2.99. The van der Waals surface area contributed by atoms with Crippen molar-refractivity contribution in [3.63, 3.8) is 0 Å². The standard InChI is InChI=1S/C9H18N4O2S/c10-9(12-8-2-3-8)11-4-6-13-5-1-7-16(13,14)15/h8H,1-7H2,(H3,10,11,12). The molecule has 2 fully saturated rings. The Hall–Kier alpha value is -0.820. The predicted molar refractivity (Wildman–Crippen MR) is 62.6 cm³/mol. The first kappa shape index (κ1) is 11.7. The van der Waals surface area contributed by atoms with Crippen LogP contribution in [-0.2, 0) is 10.0 Å². The number of aliphatic imine (C=N–C) groups is 1. The molecule has 1 heterocycles. The van der Waals surface area contributed by atoms with E-state index in [-0.39, 0.29) is 5.75 Å². The van der Waals surface area contributed by atoms with Crippen molar-refractivity contribution in [2.24, 2.45) is 10.7 Å². The Labute approximate surface area is 96.0 Å². The molecule has 0 aromatic heterocycles. The summed E-state index contributed by atoms with van der Waals surface area (Å²) in [6.45, 7) is 1.49. The molecule has 2 rings (SSSR count). The van der Waals surface area contributed by atoms with Crippen molar-refractivity contribution in [1.82, 2.24) is 9.62 Å². The van der Waals surface area contributed by atoms with Crippen LogP contribution in [0.5, 0.6) is 0 Å². The molecule has 0 aromatic rings. The number of rotatable bonds is 4. The van der Waals surface area contributed by atoms with Crippen LogP contribution in [0.2, 0.25) is 0 Å². The van der Waals surface area contributed by atoms with Gasteiger partial charge in [0.2, 0.25) is 10.0 Å². The molecule has 92 valence electrons. The Morgan fingerprint density at radius 3 is 2.81 bits per heavy atom. The fourth-order valence-electron chi connectivity index (χ4n) is 1.71. The van der Waals surface area contributed by atoms with Crippen LogP contribution in [0, 0.1) is 0 Å². The summed E-state index contributed by atoms with van der Waals surface area (Å²) in [5.74, 6) is 0.700. The molecule has 1 saturated carbocycles. The third-order valence-corrected chi connectivity index (χ3v) is 4.72. The lowest BCUT2D eigenvalue weighted by Crippen LogP contribution is -2.35. The summed E-state index contributed by atoms with van der Waals surface area (Å²) in [6.07, 6.45) is 3.02. The SMILES string of the molecule is NC(=NCCN1CCCS1(=O)=O)NC1CC1. The quantitative estimate of drug-likeness (QED) is 0.496. The molecule has 0 radical (unpaired) electrons. The molecule has 1 aliphatic heterocycles. The Morgan fingerprint density at radius 1 is 1.50 bits per heavy atom. The molecule has 1 saturated heterocycles. The van der Waals surface area contributed by atoms with Crippen LogP contribution >= 0.6 is 0 Å². The number of nitrogens with zero attached hydrogens (tertiary/aromatic N) is 2. The highest BCUT2D eigenvalue weighted by molar-refractivity contribution is 7.89. The van der Waals surface area contributed by atoms with Gasteiger partial charge in [0.1, 0.15) is 0 Å². The van der Waals surface area contributed by atoms with E-state index < -0.39 is 10.0 Å². The summed E-state index contributed by atoms with van der Waals surface area (Å²) in [5.41, 5.74) is 5.64. The van der Waals surface area contributed by atoms with Gasteiger partial charge in [-0.3, -0.25) is 4.99 Å². The predicted octanol–water partition coefficient (Wildman–Crippen LogP) is -0.911. The van der Waals surface area contributed by atoms with Gasteiger partial charge in [0.25, 0.3) is 0 Å². The molecule has 3 N–H and O–H groups in total. The summed E-state index contributed by atoms with van der Waals surface area (Å²) in [4.78, 5) is 4.11. The summed E-state index contributed by atoms with van der Waals surface area (Å²) >= 11 is 0. The molecule has 0 aromatic carbocycles. The number of hydrogen-bond donors (Lipinski definition) is 2. The van der Waals surface area contributed by atoms with Crippen LogP contribution in [0.4, 0.5) is 0 Å². The molecular weight excluding hydrogens is 228 g/mol. The fraction of sp³-hybridized carbons (Fsp3) is 0.889. The summed E-state index contributed by atoms with van der Waals surface area (Å²) < 4.78 is 24.4. The number of sulfonamides is 1. The molecule has 7 heteroatoms. The van der Waals surface area contributed by atoms with Gasteiger partial charge in [-0.2, -0.15) is 0 Å². The van der Waals surface area contributed by atoms with Gasteiger partial charge in [0.05, 0.1) is 12.3 Å². The molecule has 0 amide bonds. The first-order valence-electron chi connectivity index (χ1n) is 5.62. The first-order valence-corrected chi connectivity index (χ1v) is 7.23. The molecule has 0 spiro atoms. The van der Waals surface area contributed by atoms with Crippen LogP contribution < -0.4 is 11.1 Å². The molecule has 6 nitrogen and oxygen atoms in total. The molecule has 0 unspecified atom stereocenters. The molecule has 2 aliphatic rings. The second kappa shape index (κ2) is 4.58. The fourth-order valence-corrected chi connectivity index (χ4v) is 3.23. The van der Waals surface area contributed by atoms with Crippen LogP contribution in [0.3, 0.4) is 0 Å². The normalized spacial score (nSPS) is 25.9. The smallest absolute Gasteiger partial charge is 0.214 e. The van der Waals surface area contributed by atoms with Gasteiger partial charge in [0.15, 0.2) is 5.96 Å². The highest BCUT2D eigenvalue weighted by atomic mass is 32.2. The maximum Gasteiger partial charge on any atom is 0.214 e. The molecule has 1 aliphatic carbocycles. The molecule has 16 heavy (non-hydrogen) atoms. The van der Waals surface area contributed by atoms with Crippen molar-refractivity contribution in [2.75, 3.05) is 25.4 Å². The van der Waals surface area contributed by atoms with Crippen molar-refractivity contribution in [2.45, 2.75) is 25.3 Å². The van der Waals surface area contributed by atoms with Crippen molar-refractivity contribution in [3.8, 4) is 0 Å². The van der Waals surface area contributed by atoms with Crippen molar-refractivity contribution in [1.29, 1.82) is 0 Å². The largest absolute Gasteiger partial charge is 0.370 e. The Balaban J connectivity index is 1.74. The second-order valence-corrected chi connectivity index (χ2v) is 6.34. The third-order valence-electron chi connectivity index (χ3n) is 2.76. The van der Waals surface area contributed by atoms with Gasteiger partial charge in [0, 0.05) is 19.1 Å². The van der Waals surface area contributed by atoms with Gasteiger partial charge in [-0.15, -0.1) is 0 Å². The van der Waals surface area contributed by atoms with E-state index in [9.17, 15) is 8.42 Å². The number of hydrogen-bond acceptors (Lipinski definition) is 3. The average molecular weight is 246 g/mol. The van der Waals surface area contributed by atoms with Crippen molar-refractivity contribution >= 4 is 16.0 Å². The van der Waals surface area contributed by atoms with Crippen molar-refractivity contribution in [3.05, 3.63) is 0 Å². The molecular formula is C9H18N4O2S. The highest BCUT2D eigenvalue weighted by Crippen LogP contribution is 2.18. The minimum absolute atomic E-state index is 0.270. The topological polar surface area (TPSA) is 87.8 Å². The van der Waals surface area contributed by atoms with Crippen LogP contribution in [0.1, 0.15) is 19.3 Å². The van der Waals surface area contributed by atoms with Crippen LogP contribution in [0.25, 0.3) is 0 Å². The summed E-state index contributed by atoms with van der Waals surface area (Å²) in [6, 6.07) is 0.485. The van der Waals surface area contributed by atoms with Crippen LogP contribution in [0.15, 0.2) is 4.99 Å². The maximum atomic E-state index is 11.5. The lowest BCUT2D eigenvalue weighted by atomic mass is 10.5. The number of nitrogens with one attached hydrogen (secondary N) is 1. The number of nitrogens with two attached hydrogens (primary N) is 1. The summed E-state index contributed by atoms with van der Waals surface area (Å²) in [5, 5.41) is 3.06. The van der Waals surface area contributed by atoms with Crippen LogP contribution in [-0.4, -0.2) is 50.1 Å². The van der Waals surface area contributed by atoms with E-state index in [0.717, 1.165) is 19.3 Å². The maximum absolute atomic E-state index is 11.5.